The normalized spacial score (nSPS) is 11.5. The average molecular weight is 268 g/mol. The van der Waals surface area contributed by atoms with Gasteiger partial charge in [-0.05, 0) is 43.3 Å². The molecule has 4 heteroatoms. The lowest BCUT2D eigenvalue weighted by Crippen LogP contribution is -2.08. The maximum absolute atomic E-state index is 8.78. The summed E-state index contributed by atoms with van der Waals surface area (Å²) in [6.45, 7) is 1.88. The Morgan fingerprint density at radius 1 is 1.10 bits per heavy atom. The molecule has 0 radical (unpaired) electrons. The van der Waals surface area contributed by atoms with Crippen molar-refractivity contribution in [1.82, 2.24) is 0 Å². The van der Waals surface area contributed by atoms with Crippen molar-refractivity contribution in [1.29, 1.82) is 5.26 Å². The zero-order valence-electron chi connectivity index (χ0n) is 11.5. The molecule has 2 aromatic carbocycles. The molecule has 2 aromatic rings. The zero-order chi connectivity index (χ0) is 14.5. The first-order chi connectivity index (χ1) is 9.65. The summed E-state index contributed by atoms with van der Waals surface area (Å²) in [6, 6.07) is 14.3. The monoisotopic (exact) mass is 268 g/mol. The SMILES string of the molecule is COc1cccc(Oc2ccc(C#N)cc2)c1C(C)N. The van der Waals surface area contributed by atoms with Gasteiger partial charge in [0.05, 0.1) is 24.3 Å². The minimum absolute atomic E-state index is 0.209. The summed E-state index contributed by atoms with van der Waals surface area (Å²) in [7, 11) is 1.60. The molecule has 1 unspecified atom stereocenters. The topological polar surface area (TPSA) is 68.3 Å². The molecule has 20 heavy (non-hydrogen) atoms. The second kappa shape index (κ2) is 6.09. The van der Waals surface area contributed by atoms with E-state index in [1.54, 1.807) is 31.4 Å². The number of nitrogens with zero attached hydrogens (tertiary/aromatic N) is 1. The number of nitriles is 1. The molecule has 1 atom stereocenters. The molecule has 0 saturated heterocycles. The molecular formula is C16H16N2O2. The molecule has 0 amide bonds. The van der Waals surface area contributed by atoms with Crippen LogP contribution in [-0.4, -0.2) is 7.11 Å². The molecule has 0 aliphatic carbocycles. The summed E-state index contributed by atoms with van der Waals surface area (Å²) in [5.41, 5.74) is 7.40. The van der Waals surface area contributed by atoms with Crippen LogP contribution in [0.4, 0.5) is 0 Å². The minimum Gasteiger partial charge on any atom is -0.496 e. The van der Waals surface area contributed by atoms with Crippen LogP contribution in [0.15, 0.2) is 42.5 Å². The number of rotatable bonds is 4. The molecule has 0 aromatic heterocycles. The van der Waals surface area contributed by atoms with Gasteiger partial charge in [-0.2, -0.15) is 5.26 Å². The lowest BCUT2D eigenvalue weighted by molar-refractivity contribution is 0.397. The summed E-state index contributed by atoms with van der Waals surface area (Å²) in [5.74, 6) is 2.01. The summed E-state index contributed by atoms with van der Waals surface area (Å²) >= 11 is 0. The Morgan fingerprint density at radius 2 is 1.75 bits per heavy atom. The van der Waals surface area contributed by atoms with Crippen LogP contribution in [0.1, 0.15) is 24.1 Å². The lowest BCUT2D eigenvalue weighted by Gasteiger charge is -2.17. The first kappa shape index (κ1) is 13.9. The van der Waals surface area contributed by atoms with E-state index >= 15 is 0 Å². The highest BCUT2D eigenvalue weighted by Crippen LogP contribution is 2.35. The Balaban J connectivity index is 2.35. The van der Waals surface area contributed by atoms with Crippen LogP contribution in [0, 0.1) is 11.3 Å². The molecule has 0 aliphatic heterocycles. The molecule has 4 nitrogen and oxygen atoms in total. The molecule has 0 bridgehead atoms. The van der Waals surface area contributed by atoms with E-state index in [0.717, 1.165) is 5.56 Å². The average Bonchev–Trinajstić information content (AvgIpc) is 2.47. The van der Waals surface area contributed by atoms with Crippen LogP contribution in [0.5, 0.6) is 17.2 Å². The van der Waals surface area contributed by atoms with E-state index in [1.807, 2.05) is 25.1 Å². The van der Waals surface area contributed by atoms with Gasteiger partial charge in [-0.15, -0.1) is 0 Å². The van der Waals surface area contributed by atoms with Crippen LogP contribution < -0.4 is 15.2 Å². The first-order valence-corrected chi connectivity index (χ1v) is 6.26. The number of hydrogen-bond donors (Lipinski definition) is 1. The summed E-state index contributed by atoms with van der Waals surface area (Å²) in [4.78, 5) is 0. The van der Waals surface area contributed by atoms with Gasteiger partial charge in [0.2, 0.25) is 0 Å². The van der Waals surface area contributed by atoms with Gasteiger partial charge in [0, 0.05) is 6.04 Å². The Labute approximate surface area is 118 Å². The van der Waals surface area contributed by atoms with Crippen molar-refractivity contribution in [3.05, 3.63) is 53.6 Å². The Morgan fingerprint density at radius 3 is 2.30 bits per heavy atom. The van der Waals surface area contributed by atoms with Gasteiger partial charge in [0.25, 0.3) is 0 Å². The first-order valence-electron chi connectivity index (χ1n) is 6.26. The Bertz CT molecular complexity index is 628. The van der Waals surface area contributed by atoms with Crippen molar-refractivity contribution in [2.24, 2.45) is 5.73 Å². The van der Waals surface area contributed by atoms with Crippen LogP contribution >= 0.6 is 0 Å². The van der Waals surface area contributed by atoms with Gasteiger partial charge in [0.1, 0.15) is 17.2 Å². The van der Waals surface area contributed by atoms with Crippen molar-refractivity contribution < 1.29 is 9.47 Å². The van der Waals surface area contributed by atoms with Crippen molar-refractivity contribution in [2.75, 3.05) is 7.11 Å². The van der Waals surface area contributed by atoms with Gasteiger partial charge in [0.15, 0.2) is 0 Å². The molecule has 2 N–H and O–H groups in total. The van der Waals surface area contributed by atoms with Gasteiger partial charge < -0.3 is 15.2 Å². The molecule has 0 aliphatic rings. The van der Waals surface area contributed by atoms with Crippen molar-refractivity contribution in [3.8, 4) is 23.3 Å². The van der Waals surface area contributed by atoms with Crippen LogP contribution in [-0.2, 0) is 0 Å². The van der Waals surface area contributed by atoms with Gasteiger partial charge in [-0.25, -0.2) is 0 Å². The third kappa shape index (κ3) is 2.90. The molecule has 0 spiro atoms. The Kier molecular flexibility index (Phi) is 4.24. The number of ether oxygens (including phenoxy) is 2. The van der Waals surface area contributed by atoms with E-state index in [1.165, 1.54) is 0 Å². The van der Waals surface area contributed by atoms with Crippen LogP contribution in [0.3, 0.4) is 0 Å². The summed E-state index contributed by atoms with van der Waals surface area (Å²) in [5, 5.41) is 8.78. The van der Waals surface area contributed by atoms with E-state index in [-0.39, 0.29) is 6.04 Å². The molecular weight excluding hydrogens is 252 g/mol. The van der Waals surface area contributed by atoms with Crippen molar-refractivity contribution in [2.45, 2.75) is 13.0 Å². The fraction of sp³-hybridized carbons (Fsp3) is 0.188. The highest BCUT2D eigenvalue weighted by Gasteiger charge is 2.14. The van der Waals surface area contributed by atoms with Gasteiger partial charge in [-0.3, -0.25) is 0 Å². The quantitative estimate of drug-likeness (QED) is 0.923. The second-order valence-electron chi connectivity index (χ2n) is 4.40. The minimum atomic E-state index is -0.209. The number of methoxy groups -OCH3 is 1. The molecule has 0 heterocycles. The van der Waals surface area contributed by atoms with Crippen LogP contribution in [0.2, 0.25) is 0 Å². The second-order valence-corrected chi connectivity index (χ2v) is 4.40. The number of benzene rings is 2. The fourth-order valence-corrected chi connectivity index (χ4v) is 1.96. The smallest absolute Gasteiger partial charge is 0.135 e. The van der Waals surface area contributed by atoms with E-state index in [2.05, 4.69) is 6.07 Å². The summed E-state index contributed by atoms with van der Waals surface area (Å²) in [6.07, 6.45) is 0. The fourth-order valence-electron chi connectivity index (χ4n) is 1.96. The highest BCUT2D eigenvalue weighted by atomic mass is 16.5. The molecule has 102 valence electrons. The molecule has 0 fully saturated rings. The maximum Gasteiger partial charge on any atom is 0.135 e. The van der Waals surface area contributed by atoms with E-state index in [9.17, 15) is 0 Å². The zero-order valence-corrected chi connectivity index (χ0v) is 11.5. The molecule has 0 saturated carbocycles. The number of hydrogen-bond acceptors (Lipinski definition) is 4. The predicted octanol–water partition coefficient (Wildman–Crippen LogP) is 3.38. The Hall–Kier alpha value is -2.51. The van der Waals surface area contributed by atoms with Gasteiger partial charge in [-0.1, -0.05) is 6.07 Å². The summed E-state index contributed by atoms with van der Waals surface area (Å²) < 4.78 is 11.2. The number of nitrogens with two attached hydrogens (primary N) is 1. The maximum atomic E-state index is 8.78. The van der Waals surface area contributed by atoms with Crippen LogP contribution in [0.25, 0.3) is 0 Å². The third-order valence-corrected chi connectivity index (χ3v) is 2.91. The van der Waals surface area contributed by atoms with Crippen molar-refractivity contribution >= 4 is 0 Å². The lowest BCUT2D eigenvalue weighted by atomic mass is 10.1. The van der Waals surface area contributed by atoms with E-state index in [4.69, 9.17) is 20.5 Å². The van der Waals surface area contributed by atoms with E-state index < -0.39 is 0 Å². The molecule has 2 rings (SSSR count). The largest absolute Gasteiger partial charge is 0.496 e. The standard InChI is InChI=1S/C16H16N2O2/c1-11(18)16-14(19-2)4-3-5-15(16)20-13-8-6-12(10-17)7-9-13/h3-9,11H,18H2,1-2H3. The van der Waals surface area contributed by atoms with E-state index in [0.29, 0.717) is 22.8 Å². The van der Waals surface area contributed by atoms with Crippen molar-refractivity contribution in [3.63, 3.8) is 0 Å². The predicted molar refractivity (Wildman–Crippen MR) is 76.8 cm³/mol. The van der Waals surface area contributed by atoms with Gasteiger partial charge >= 0.3 is 0 Å². The highest BCUT2D eigenvalue weighted by molar-refractivity contribution is 5.48. The third-order valence-electron chi connectivity index (χ3n) is 2.91.